The van der Waals surface area contributed by atoms with E-state index in [-0.39, 0.29) is 0 Å². The molecule has 2 heterocycles. The molecule has 2 aromatic carbocycles. The third-order valence-corrected chi connectivity index (χ3v) is 4.63. The number of hydrogen-bond acceptors (Lipinski definition) is 2. The molecule has 24 heavy (non-hydrogen) atoms. The van der Waals surface area contributed by atoms with E-state index < -0.39 is 0 Å². The summed E-state index contributed by atoms with van der Waals surface area (Å²) in [6.45, 7) is 6.42. The highest BCUT2D eigenvalue weighted by molar-refractivity contribution is 5.87. The fourth-order valence-corrected chi connectivity index (χ4v) is 3.36. The number of anilines is 1. The second-order valence-electron chi connectivity index (χ2n) is 5.93. The SMILES string of the molecule is CCN(CC)c1ccc(-c2nc3ccccc3n3cccc23)cc1. The highest BCUT2D eigenvalue weighted by atomic mass is 15.1. The van der Waals surface area contributed by atoms with Gasteiger partial charge in [0.2, 0.25) is 0 Å². The fraction of sp³-hybridized carbons (Fsp3) is 0.190. The van der Waals surface area contributed by atoms with Gasteiger partial charge in [-0.05, 0) is 50.2 Å². The first-order valence-corrected chi connectivity index (χ1v) is 8.53. The third kappa shape index (κ3) is 2.33. The van der Waals surface area contributed by atoms with Crippen molar-refractivity contribution in [2.24, 2.45) is 0 Å². The van der Waals surface area contributed by atoms with Crippen LogP contribution in [0, 0.1) is 0 Å². The summed E-state index contributed by atoms with van der Waals surface area (Å²) in [6, 6.07) is 21.2. The van der Waals surface area contributed by atoms with Crippen LogP contribution in [0.2, 0.25) is 0 Å². The maximum atomic E-state index is 4.93. The largest absolute Gasteiger partial charge is 0.372 e. The maximum absolute atomic E-state index is 4.93. The molecule has 0 aliphatic heterocycles. The molecule has 0 unspecified atom stereocenters. The molecule has 2 aromatic heterocycles. The Morgan fingerprint density at radius 3 is 2.29 bits per heavy atom. The zero-order valence-corrected chi connectivity index (χ0v) is 14.1. The smallest absolute Gasteiger partial charge is 0.0950 e. The zero-order valence-electron chi connectivity index (χ0n) is 14.1. The predicted molar refractivity (Wildman–Crippen MR) is 102 cm³/mol. The number of hydrogen-bond donors (Lipinski definition) is 0. The molecule has 0 radical (unpaired) electrons. The molecular weight excluding hydrogens is 294 g/mol. The van der Waals surface area contributed by atoms with Crippen LogP contribution in [0.1, 0.15) is 13.8 Å². The second-order valence-corrected chi connectivity index (χ2v) is 5.93. The van der Waals surface area contributed by atoms with Gasteiger partial charge in [0, 0.05) is 30.5 Å². The van der Waals surface area contributed by atoms with Crippen LogP contribution in [0.4, 0.5) is 5.69 Å². The number of para-hydroxylation sites is 2. The lowest BCUT2D eigenvalue weighted by Crippen LogP contribution is -2.21. The summed E-state index contributed by atoms with van der Waals surface area (Å²) in [6.07, 6.45) is 2.10. The van der Waals surface area contributed by atoms with Crippen LogP contribution in [-0.2, 0) is 0 Å². The van der Waals surface area contributed by atoms with E-state index >= 15 is 0 Å². The second kappa shape index (κ2) is 6.00. The Morgan fingerprint density at radius 1 is 0.833 bits per heavy atom. The van der Waals surface area contributed by atoms with Crippen LogP contribution in [0.25, 0.3) is 27.8 Å². The van der Waals surface area contributed by atoms with Crippen LogP contribution in [-0.4, -0.2) is 22.5 Å². The van der Waals surface area contributed by atoms with Crippen molar-refractivity contribution < 1.29 is 0 Å². The molecule has 0 saturated heterocycles. The summed E-state index contributed by atoms with van der Waals surface area (Å²) < 4.78 is 2.22. The van der Waals surface area contributed by atoms with Crippen LogP contribution in [0.5, 0.6) is 0 Å². The predicted octanol–water partition coefficient (Wildman–Crippen LogP) is 5.00. The monoisotopic (exact) mass is 315 g/mol. The molecule has 0 bridgehead atoms. The average Bonchev–Trinajstić information content (AvgIpc) is 3.13. The Balaban J connectivity index is 1.87. The van der Waals surface area contributed by atoms with Crippen molar-refractivity contribution in [1.82, 2.24) is 9.38 Å². The van der Waals surface area contributed by atoms with E-state index in [1.54, 1.807) is 0 Å². The lowest BCUT2D eigenvalue weighted by Gasteiger charge is -2.21. The first kappa shape index (κ1) is 14.8. The van der Waals surface area contributed by atoms with E-state index in [0.717, 1.165) is 40.9 Å². The van der Waals surface area contributed by atoms with Crippen LogP contribution >= 0.6 is 0 Å². The standard InChI is InChI=1S/C21H21N3/c1-3-23(4-2)17-13-11-16(12-14-17)21-20-10-7-15-24(20)19-9-6-5-8-18(19)22-21/h5-15H,3-4H2,1-2H3. The van der Waals surface area contributed by atoms with Crippen molar-refractivity contribution in [2.45, 2.75) is 13.8 Å². The Morgan fingerprint density at radius 2 is 1.54 bits per heavy atom. The quantitative estimate of drug-likeness (QED) is 0.528. The molecule has 0 saturated carbocycles. The summed E-state index contributed by atoms with van der Waals surface area (Å²) in [5.74, 6) is 0. The molecule has 0 aliphatic carbocycles. The van der Waals surface area contributed by atoms with Crippen LogP contribution in [0.3, 0.4) is 0 Å². The van der Waals surface area contributed by atoms with Gasteiger partial charge in [0.25, 0.3) is 0 Å². The number of benzene rings is 2. The molecular formula is C21H21N3. The van der Waals surface area contributed by atoms with Crippen LogP contribution < -0.4 is 4.90 Å². The number of nitrogens with zero attached hydrogens (tertiary/aromatic N) is 3. The minimum absolute atomic E-state index is 1.02. The van der Waals surface area contributed by atoms with Crippen LogP contribution in [0.15, 0.2) is 66.9 Å². The van der Waals surface area contributed by atoms with Gasteiger partial charge in [0.1, 0.15) is 0 Å². The molecule has 3 heteroatoms. The van der Waals surface area contributed by atoms with E-state index in [1.165, 1.54) is 5.69 Å². The Hall–Kier alpha value is -2.81. The number of fused-ring (bicyclic) bond motifs is 3. The maximum Gasteiger partial charge on any atom is 0.0950 e. The summed E-state index contributed by atoms with van der Waals surface area (Å²) >= 11 is 0. The zero-order chi connectivity index (χ0) is 16.5. The summed E-state index contributed by atoms with van der Waals surface area (Å²) in [7, 11) is 0. The highest BCUT2D eigenvalue weighted by Gasteiger charge is 2.10. The molecule has 0 aliphatic rings. The number of rotatable bonds is 4. The van der Waals surface area contributed by atoms with Gasteiger partial charge in [0.15, 0.2) is 0 Å². The van der Waals surface area contributed by atoms with Crippen molar-refractivity contribution in [1.29, 1.82) is 0 Å². The van der Waals surface area contributed by atoms with Gasteiger partial charge >= 0.3 is 0 Å². The fourth-order valence-electron chi connectivity index (χ4n) is 3.36. The molecule has 4 rings (SSSR count). The lowest BCUT2D eigenvalue weighted by molar-refractivity contribution is 0.866. The summed E-state index contributed by atoms with van der Waals surface area (Å²) in [5.41, 5.74) is 6.75. The molecule has 0 spiro atoms. The molecule has 120 valence electrons. The summed E-state index contributed by atoms with van der Waals surface area (Å²) in [4.78, 5) is 7.28. The Kier molecular flexibility index (Phi) is 3.69. The van der Waals surface area contributed by atoms with Crippen molar-refractivity contribution in [2.75, 3.05) is 18.0 Å². The molecule has 0 N–H and O–H groups in total. The van der Waals surface area contributed by atoms with Crippen molar-refractivity contribution in [3.63, 3.8) is 0 Å². The van der Waals surface area contributed by atoms with E-state index in [2.05, 4.69) is 83.9 Å². The van der Waals surface area contributed by atoms with Gasteiger partial charge in [-0.15, -0.1) is 0 Å². The molecule has 4 aromatic rings. The van der Waals surface area contributed by atoms with E-state index in [0.29, 0.717) is 0 Å². The van der Waals surface area contributed by atoms with Gasteiger partial charge in [-0.1, -0.05) is 24.3 Å². The molecule has 3 nitrogen and oxygen atoms in total. The topological polar surface area (TPSA) is 20.5 Å². The van der Waals surface area contributed by atoms with Gasteiger partial charge in [0.05, 0.1) is 22.2 Å². The van der Waals surface area contributed by atoms with E-state index in [1.807, 2.05) is 6.07 Å². The molecule has 0 amide bonds. The first-order valence-electron chi connectivity index (χ1n) is 8.53. The Labute approximate surface area is 142 Å². The van der Waals surface area contributed by atoms with Crippen molar-refractivity contribution in [3.8, 4) is 11.3 Å². The highest BCUT2D eigenvalue weighted by Crippen LogP contribution is 2.28. The van der Waals surface area contributed by atoms with Crippen molar-refractivity contribution in [3.05, 3.63) is 66.9 Å². The number of aromatic nitrogens is 2. The van der Waals surface area contributed by atoms with Gasteiger partial charge in [-0.2, -0.15) is 0 Å². The average molecular weight is 315 g/mol. The minimum atomic E-state index is 1.02. The summed E-state index contributed by atoms with van der Waals surface area (Å²) in [5, 5.41) is 0. The molecule has 0 fully saturated rings. The van der Waals surface area contributed by atoms with Gasteiger partial charge in [-0.3, -0.25) is 0 Å². The third-order valence-electron chi connectivity index (χ3n) is 4.63. The molecule has 0 atom stereocenters. The van der Waals surface area contributed by atoms with E-state index in [9.17, 15) is 0 Å². The first-order chi connectivity index (χ1) is 11.8. The van der Waals surface area contributed by atoms with Gasteiger partial charge in [-0.25, -0.2) is 4.98 Å². The van der Waals surface area contributed by atoms with E-state index in [4.69, 9.17) is 4.98 Å². The van der Waals surface area contributed by atoms with Gasteiger partial charge < -0.3 is 9.30 Å². The minimum Gasteiger partial charge on any atom is -0.372 e. The van der Waals surface area contributed by atoms with Crippen molar-refractivity contribution >= 4 is 22.2 Å². The Bertz CT molecular complexity index is 979. The lowest BCUT2D eigenvalue weighted by atomic mass is 10.1. The normalized spacial score (nSPS) is 11.2.